The zero-order valence-electron chi connectivity index (χ0n) is 8.75. The van der Waals surface area contributed by atoms with Crippen LogP contribution in [0.5, 0.6) is 0 Å². The van der Waals surface area contributed by atoms with Crippen LogP contribution in [0.1, 0.15) is 5.69 Å². The Balaban J connectivity index is 1.98. The third kappa shape index (κ3) is 1.60. The van der Waals surface area contributed by atoms with Crippen LogP contribution in [0, 0.1) is 0 Å². The number of aromatic nitrogens is 1. The summed E-state index contributed by atoms with van der Waals surface area (Å²) in [6.07, 6.45) is 0. The second-order valence-corrected chi connectivity index (χ2v) is 5.70. The van der Waals surface area contributed by atoms with Gasteiger partial charge in [-0.1, -0.05) is 6.07 Å². The Morgan fingerprint density at radius 3 is 2.82 bits per heavy atom. The minimum absolute atomic E-state index is 0.218. The first kappa shape index (κ1) is 10.9. The quantitative estimate of drug-likeness (QED) is 0.926. The Morgan fingerprint density at radius 2 is 2.29 bits per heavy atom. The fourth-order valence-corrected chi connectivity index (χ4v) is 3.43. The second-order valence-electron chi connectivity index (χ2n) is 3.90. The maximum atomic E-state index is 11.3. The number of nitrogens with zero attached hydrogens (tertiary/aromatic N) is 1. The van der Waals surface area contributed by atoms with Crippen molar-refractivity contribution in [2.75, 3.05) is 13.2 Å². The van der Waals surface area contributed by atoms with Gasteiger partial charge < -0.3 is 9.84 Å². The molecule has 0 aliphatic carbocycles. The SMILES string of the molecule is O=C(O)C1(c2csc(-c3cccs3)n2)COC1. The Morgan fingerprint density at radius 1 is 1.47 bits per heavy atom. The van der Waals surface area contributed by atoms with Crippen molar-refractivity contribution in [1.29, 1.82) is 0 Å². The molecule has 1 saturated heterocycles. The third-order valence-electron chi connectivity index (χ3n) is 2.83. The summed E-state index contributed by atoms with van der Waals surface area (Å²) in [5.41, 5.74) is -0.309. The summed E-state index contributed by atoms with van der Waals surface area (Å²) in [4.78, 5) is 16.8. The van der Waals surface area contributed by atoms with Gasteiger partial charge >= 0.3 is 5.97 Å². The lowest BCUT2D eigenvalue weighted by atomic mass is 9.83. The van der Waals surface area contributed by atoms with E-state index in [2.05, 4.69) is 4.98 Å². The molecule has 3 rings (SSSR count). The number of hydrogen-bond acceptors (Lipinski definition) is 5. The Kier molecular flexibility index (Phi) is 2.50. The monoisotopic (exact) mass is 267 g/mol. The number of thiazole rings is 1. The summed E-state index contributed by atoms with van der Waals surface area (Å²) in [7, 11) is 0. The van der Waals surface area contributed by atoms with Crippen LogP contribution in [0.2, 0.25) is 0 Å². The molecule has 1 aliphatic rings. The number of carboxylic acid groups (broad SMARTS) is 1. The van der Waals surface area contributed by atoms with Gasteiger partial charge in [-0.05, 0) is 11.4 Å². The summed E-state index contributed by atoms with van der Waals surface area (Å²) in [5, 5.41) is 13.9. The van der Waals surface area contributed by atoms with Crippen molar-refractivity contribution in [3.05, 3.63) is 28.6 Å². The van der Waals surface area contributed by atoms with Crippen LogP contribution >= 0.6 is 22.7 Å². The van der Waals surface area contributed by atoms with Crippen molar-refractivity contribution in [2.24, 2.45) is 0 Å². The molecule has 17 heavy (non-hydrogen) atoms. The molecule has 3 heterocycles. The second kappa shape index (κ2) is 3.90. The van der Waals surface area contributed by atoms with Gasteiger partial charge in [0, 0.05) is 5.38 Å². The molecule has 0 amide bonds. The van der Waals surface area contributed by atoms with E-state index in [1.165, 1.54) is 11.3 Å². The van der Waals surface area contributed by atoms with Crippen molar-refractivity contribution in [1.82, 2.24) is 4.98 Å². The third-order valence-corrected chi connectivity index (χ3v) is 4.71. The normalized spacial score (nSPS) is 17.6. The minimum atomic E-state index is -0.925. The van der Waals surface area contributed by atoms with E-state index in [4.69, 9.17) is 4.74 Å². The summed E-state index contributed by atoms with van der Waals surface area (Å²) in [5.74, 6) is -0.855. The number of carboxylic acids is 1. The van der Waals surface area contributed by atoms with Gasteiger partial charge in [-0.25, -0.2) is 4.98 Å². The molecule has 2 aromatic heterocycles. The molecule has 1 aliphatic heterocycles. The molecule has 0 atom stereocenters. The number of aliphatic carboxylic acids is 1. The summed E-state index contributed by atoms with van der Waals surface area (Å²) in [6.45, 7) is 0.436. The molecule has 0 spiro atoms. The van der Waals surface area contributed by atoms with Crippen molar-refractivity contribution in [3.8, 4) is 9.88 Å². The number of hydrogen-bond donors (Lipinski definition) is 1. The van der Waals surface area contributed by atoms with Gasteiger partial charge in [-0.3, -0.25) is 4.79 Å². The lowest BCUT2D eigenvalue weighted by molar-refractivity contribution is -0.163. The van der Waals surface area contributed by atoms with E-state index in [0.29, 0.717) is 5.69 Å². The molecule has 6 heteroatoms. The van der Waals surface area contributed by atoms with Gasteiger partial charge in [-0.2, -0.15) is 0 Å². The first-order valence-corrected chi connectivity index (χ1v) is 6.79. The van der Waals surface area contributed by atoms with E-state index in [9.17, 15) is 9.90 Å². The van der Waals surface area contributed by atoms with Gasteiger partial charge in [0.25, 0.3) is 0 Å². The topological polar surface area (TPSA) is 59.4 Å². The zero-order valence-corrected chi connectivity index (χ0v) is 10.4. The molecule has 0 bridgehead atoms. The molecular weight excluding hydrogens is 258 g/mol. The Labute approximate surface area is 106 Å². The Bertz CT molecular complexity index is 543. The van der Waals surface area contributed by atoms with Crippen LogP contribution < -0.4 is 0 Å². The van der Waals surface area contributed by atoms with Gasteiger partial charge in [0.05, 0.1) is 23.8 Å². The minimum Gasteiger partial charge on any atom is -0.480 e. The number of thiophene rings is 1. The molecule has 88 valence electrons. The van der Waals surface area contributed by atoms with Crippen molar-refractivity contribution < 1.29 is 14.6 Å². The van der Waals surface area contributed by atoms with E-state index in [0.717, 1.165) is 9.88 Å². The van der Waals surface area contributed by atoms with E-state index in [-0.39, 0.29) is 13.2 Å². The maximum absolute atomic E-state index is 11.3. The lowest BCUT2D eigenvalue weighted by Crippen LogP contribution is -2.53. The molecule has 1 fully saturated rings. The average molecular weight is 267 g/mol. The standard InChI is InChI=1S/C11H9NO3S2/c13-10(14)11(5-15-6-11)8-4-17-9(12-8)7-2-1-3-16-7/h1-4H,5-6H2,(H,13,14). The summed E-state index contributed by atoms with van der Waals surface area (Å²) < 4.78 is 5.04. The highest BCUT2D eigenvalue weighted by Crippen LogP contribution is 2.36. The van der Waals surface area contributed by atoms with Gasteiger partial charge in [0.15, 0.2) is 5.41 Å². The van der Waals surface area contributed by atoms with Crippen LogP contribution in [0.15, 0.2) is 22.9 Å². The first-order chi connectivity index (χ1) is 8.22. The molecule has 4 nitrogen and oxygen atoms in total. The predicted molar refractivity (Wildman–Crippen MR) is 65.6 cm³/mol. The van der Waals surface area contributed by atoms with Gasteiger partial charge in [0.1, 0.15) is 5.01 Å². The molecule has 0 radical (unpaired) electrons. The fourth-order valence-electron chi connectivity index (χ4n) is 1.69. The number of ether oxygens (including phenoxy) is 1. The maximum Gasteiger partial charge on any atom is 0.320 e. The van der Waals surface area contributed by atoms with Crippen molar-refractivity contribution >= 4 is 28.6 Å². The highest BCUT2D eigenvalue weighted by molar-refractivity contribution is 7.20. The van der Waals surface area contributed by atoms with Gasteiger partial charge in [-0.15, -0.1) is 22.7 Å². The molecule has 0 aromatic carbocycles. The Hall–Kier alpha value is -1.24. The van der Waals surface area contributed by atoms with Crippen LogP contribution in [0.4, 0.5) is 0 Å². The van der Waals surface area contributed by atoms with Crippen molar-refractivity contribution in [2.45, 2.75) is 5.41 Å². The van der Waals surface area contributed by atoms with Crippen LogP contribution in [-0.2, 0) is 14.9 Å². The smallest absolute Gasteiger partial charge is 0.320 e. The first-order valence-electron chi connectivity index (χ1n) is 5.03. The van der Waals surface area contributed by atoms with Crippen LogP contribution in [0.25, 0.3) is 9.88 Å². The molecule has 1 N–H and O–H groups in total. The number of carbonyl (C=O) groups is 1. The highest BCUT2D eigenvalue weighted by Gasteiger charge is 2.49. The summed E-state index contributed by atoms with van der Waals surface area (Å²) in [6, 6.07) is 3.94. The van der Waals surface area contributed by atoms with E-state index >= 15 is 0 Å². The van der Waals surface area contributed by atoms with Crippen molar-refractivity contribution in [3.63, 3.8) is 0 Å². The average Bonchev–Trinajstić information content (AvgIpc) is 2.83. The van der Waals surface area contributed by atoms with Crippen LogP contribution in [-0.4, -0.2) is 29.3 Å². The lowest BCUT2D eigenvalue weighted by Gasteiger charge is -2.35. The van der Waals surface area contributed by atoms with Crippen LogP contribution in [0.3, 0.4) is 0 Å². The number of rotatable bonds is 3. The fraction of sp³-hybridized carbons (Fsp3) is 0.273. The van der Waals surface area contributed by atoms with E-state index < -0.39 is 11.4 Å². The zero-order chi connectivity index (χ0) is 11.9. The predicted octanol–water partition coefficient (Wildman–Crippen LogP) is 2.22. The van der Waals surface area contributed by atoms with E-state index in [1.54, 1.807) is 11.3 Å². The van der Waals surface area contributed by atoms with Gasteiger partial charge in [0.2, 0.25) is 0 Å². The molecule has 0 unspecified atom stereocenters. The van der Waals surface area contributed by atoms with E-state index in [1.807, 2.05) is 22.9 Å². The summed E-state index contributed by atoms with van der Waals surface area (Å²) >= 11 is 3.08. The molecular formula is C11H9NO3S2. The molecule has 0 saturated carbocycles. The largest absolute Gasteiger partial charge is 0.480 e. The highest BCUT2D eigenvalue weighted by atomic mass is 32.1. The molecule has 2 aromatic rings.